The van der Waals surface area contributed by atoms with E-state index in [2.05, 4.69) is 15.2 Å². The molecule has 1 N–H and O–H groups in total. The molecule has 1 amide bonds. The van der Waals surface area contributed by atoms with Gasteiger partial charge in [0.05, 0.1) is 27.3 Å². The first kappa shape index (κ1) is 12.3. The molecule has 0 unspecified atom stereocenters. The molecule has 1 aromatic carbocycles. The highest BCUT2D eigenvalue weighted by Gasteiger charge is 2.38. The highest BCUT2D eigenvalue weighted by molar-refractivity contribution is 7.17. The number of rotatable bonds is 2. The Morgan fingerprint density at radius 1 is 1.35 bits per heavy atom. The third-order valence-electron chi connectivity index (χ3n) is 4.61. The summed E-state index contributed by atoms with van der Waals surface area (Å²) >= 11 is 1.58. The zero-order chi connectivity index (χ0) is 13.5. The zero-order valence-electron chi connectivity index (χ0n) is 11.2. The van der Waals surface area contributed by atoms with Crippen LogP contribution in [0.5, 0.6) is 0 Å². The Morgan fingerprint density at radius 2 is 2.20 bits per heavy atom. The Labute approximate surface area is 121 Å². The van der Waals surface area contributed by atoms with E-state index < -0.39 is 0 Å². The summed E-state index contributed by atoms with van der Waals surface area (Å²) in [5.74, 6) is 0.904. The second-order valence-corrected chi connectivity index (χ2v) is 6.59. The number of benzene rings is 1. The van der Waals surface area contributed by atoms with Crippen molar-refractivity contribution in [3.05, 3.63) is 23.7 Å². The van der Waals surface area contributed by atoms with Crippen LogP contribution in [0, 0.1) is 11.8 Å². The van der Waals surface area contributed by atoms with Gasteiger partial charge in [0.1, 0.15) is 0 Å². The molecular formula is C15H17N3OS. The van der Waals surface area contributed by atoms with Gasteiger partial charge in [-0.05, 0) is 44.0 Å². The van der Waals surface area contributed by atoms with Gasteiger partial charge in [0.2, 0.25) is 5.91 Å². The highest BCUT2D eigenvalue weighted by Crippen LogP contribution is 2.34. The summed E-state index contributed by atoms with van der Waals surface area (Å²) in [7, 11) is 0. The Bertz CT molecular complexity index is 645. The number of hydrogen-bond acceptors (Lipinski definition) is 4. The molecule has 2 aromatic rings. The van der Waals surface area contributed by atoms with Gasteiger partial charge < -0.3 is 10.2 Å². The van der Waals surface area contributed by atoms with Gasteiger partial charge in [-0.1, -0.05) is 6.07 Å². The lowest BCUT2D eigenvalue weighted by Gasteiger charge is -2.43. The topological polar surface area (TPSA) is 45.2 Å². The maximum absolute atomic E-state index is 12.6. The lowest BCUT2D eigenvalue weighted by molar-refractivity contribution is -0.125. The SMILES string of the molecule is O=C(Nc1cccc2ncsc12)[C@@H]1CN2CCC1CC2. The van der Waals surface area contributed by atoms with E-state index >= 15 is 0 Å². The molecule has 0 radical (unpaired) electrons. The number of carbonyl (C=O) groups is 1. The molecule has 1 atom stereocenters. The second-order valence-electron chi connectivity index (χ2n) is 5.74. The minimum absolute atomic E-state index is 0.153. The van der Waals surface area contributed by atoms with Gasteiger partial charge >= 0.3 is 0 Å². The number of nitrogens with zero attached hydrogens (tertiary/aromatic N) is 2. The van der Waals surface area contributed by atoms with E-state index in [0.29, 0.717) is 5.92 Å². The molecule has 5 rings (SSSR count). The fraction of sp³-hybridized carbons (Fsp3) is 0.467. The van der Waals surface area contributed by atoms with Gasteiger partial charge in [0.25, 0.3) is 0 Å². The fourth-order valence-corrected chi connectivity index (χ4v) is 4.23. The van der Waals surface area contributed by atoms with Crippen LogP contribution in [0.2, 0.25) is 0 Å². The van der Waals surface area contributed by atoms with Gasteiger partial charge in [-0.3, -0.25) is 4.79 Å². The average molecular weight is 287 g/mol. The van der Waals surface area contributed by atoms with Crippen molar-refractivity contribution in [1.29, 1.82) is 0 Å². The van der Waals surface area contributed by atoms with E-state index in [1.165, 1.54) is 25.9 Å². The highest BCUT2D eigenvalue weighted by atomic mass is 32.1. The quantitative estimate of drug-likeness (QED) is 0.923. The third-order valence-corrected chi connectivity index (χ3v) is 5.48. The number of fused-ring (bicyclic) bond motifs is 4. The molecule has 4 nitrogen and oxygen atoms in total. The first-order valence-electron chi connectivity index (χ1n) is 7.17. The van der Waals surface area contributed by atoms with Gasteiger partial charge in [-0.25, -0.2) is 4.98 Å². The monoisotopic (exact) mass is 287 g/mol. The molecule has 0 spiro atoms. The molecule has 3 aliphatic heterocycles. The molecule has 2 bridgehead atoms. The largest absolute Gasteiger partial charge is 0.324 e. The Hall–Kier alpha value is -1.46. The van der Waals surface area contributed by atoms with E-state index in [1.807, 2.05) is 23.7 Å². The van der Waals surface area contributed by atoms with E-state index in [1.54, 1.807) is 11.3 Å². The van der Waals surface area contributed by atoms with Gasteiger partial charge in [-0.15, -0.1) is 11.3 Å². The summed E-state index contributed by atoms with van der Waals surface area (Å²) < 4.78 is 1.07. The standard InChI is InChI=1S/C15H17N3OS/c19-15(11-8-18-6-4-10(11)5-7-18)17-13-3-1-2-12-14(13)20-9-16-12/h1-3,9-11H,4-8H2,(H,17,19)/t11-/m1/s1. The van der Waals surface area contributed by atoms with Gasteiger partial charge in [0, 0.05) is 6.54 Å². The molecule has 104 valence electrons. The lowest BCUT2D eigenvalue weighted by Crippen LogP contribution is -2.51. The van der Waals surface area contributed by atoms with Crippen molar-refractivity contribution in [3.63, 3.8) is 0 Å². The molecule has 4 heterocycles. The van der Waals surface area contributed by atoms with Crippen LogP contribution in [-0.2, 0) is 4.79 Å². The molecule has 3 aliphatic rings. The Kier molecular flexibility index (Phi) is 2.97. The maximum Gasteiger partial charge on any atom is 0.229 e. The maximum atomic E-state index is 12.6. The van der Waals surface area contributed by atoms with Crippen LogP contribution in [0.4, 0.5) is 5.69 Å². The Balaban J connectivity index is 1.57. The fourth-order valence-electron chi connectivity index (χ4n) is 3.47. The normalized spacial score (nSPS) is 28.7. The summed E-state index contributed by atoms with van der Waals surface area (Å²) in [6.45, 7) is 3.26. The van der Waals surface area contributed by atoms with Crippen LogP contribution in [0.15, 0.2) is 23.7 Å². The van der Waals surface area contributed by atoms with Crippen LogP contribution >= 0.6 is 11.3 Å². The van der Waals surface area contributed by atoms with Crippen LogP contribution in [-0.4, -0.2) is 35.4 Å². The molecular weight excluding hydrogens is 270 g/mol. The third kappa shape index (κ3) is 2.01. The van der Waals surface area contributed by atoms with Crippen molar-refractivity contribution in [1.82, 2.24) is 9.88 Å². The number of anilines is 1. The Morgan fingerprint density at radius 3 is 2.95 bits per heavy atom. The van der Waals surface area contributed by atoms with E-state index in [9.17, 15) is 4.79 Å². The zero-order valence-corrected chi connectivity index (χ0v) is 12.0. The number of hydrogen-bond donors (Lipinski definition) is 1. The average Bonchev–Trinajstić information content (AvgIpc) is 2.98. The van der Waals surface area contributed by atoms with Crippen LogP contribution in [0.3, 0.4) is 0 Å². The smallest absolute Gasteiger partial charge is 0.229 e. The van der Waals surface area contributed by atoms with Crippen molar-refractivity contribution in [2.45, 2.75) is 12.8 Å². The van der Waals surface area contributed by atoms with Crippen molar-refractivity contribution < 1.29 is 4.79 Å². The minimum Gasteiger partial charge on any atom is -0.324 e. The van der Waals surface area contributed by atoms with E-state index in [0.717, 1.165) is 22.4 Å². The van der Waals surface area contributed by atoms with Crippen molar-refractivity contribution in [3.8, 4) is 0 Å². The van der Waals surface area contributed by atoms with E-state index in [-0.39, 0.29) is 11.8 Å². The number of carbonyl (C=O) groups excluding carboxylic acids is 1. The van der Waals surface area contributed by atoms with Crippen LogP contribution < -0.4 is 5.32 Å². The minimum atomic E-state index is 0.153. The number of piperidine rings is 3. The molecule has 0 aliphatic carbocycles. The van der Waals surface area contributed by atoms with Crippen molar-refractivity contribution >= 4 is 33.1 Å². The molecule has 3 saturated heterocycles. The van der Waals surface area contributed by atoms with Gasteiger partial charge in [0.15, 0.2) is 0 Å². The molecule has 3 fully saturated rings. The van der Waals surface area contributed by atoms with Crippen LogP contribution in [0.1, 0.15) is 12.8 Å². The van der Waals surface area contributed by atoms with E-state index in [4.69, 9.17) is 0 Å². The van der Waals surface area contributed by atoms with Gasteiger partial charge in [-0.2, -0.15) is 0 Å². The summed E-state index contributed by atoms with van der Waals surface area (Å²) in [4.78, 5) is 19.3. The number of amides is 1. The summed E-state index contributed by atoms with van der Waals surface area (Å²) in [6.07, 6.45) is 2.34. The second kappa shape index (κ2) is 4.82. The predicted octanol–water partition coefficient (Wildman–Crippen LogP) is 2.58. The summed E-state index contributed by atoms with van der Waals surface area (Å²) in [5, 5.41) is 3.13. The van der Waals surface area contributed by atoms with Crippen LogP contribution in [0.25, 0.3) is 10.2 Å². The molecule has 5 heteroatoms. The summed E-state index contributed by atoms with van der Waals surface area (Å²) in [6, 6.07) is 5.91. The van der Waals surface area contributed by atoms with Crippen molar-refractivity contribution in [2.75, 3.05) is 25.0 Å². The predicted molar refractivity (Wildman–Crippen MR) is 80.9 cm³/mol. The molecule has 20 heavy (non-hydrogen) atoms. The summed E-state index contributed by atoms with van der Waals surface area (Å²) in [5.41, 5.74) is 3.70. The number of thiazole rings is 1. The first-order chi connectivity index (χ1) is 9.81. The number of nitrogens with one attached hydrogen (secondary N) is 1. The first-order valence-corrected chi connectivity index (χ1v) is 8.04. The number of aromatic nitrogens is 1. The molecule has 0 saturated carbocycles. The molecule has 1 aromatic heterocycles. The lowest BCUT2D eigenvalue weighted by atomic mass is 9.78. The van der Waals surface area contributed by atoms with Crippen molar-refractivity contribution in [2.24, 2.45) is 11.8 Å².